The van der Waals surface area contributed by atoms with Gasteiger partial charge in [-0.2, -0.15) is 0 Å². The third-order valence-corrected chi connectivity index (χ3v) is 5.37. The predicted octanol–water partition coefficient (Wildman–Crippen LogP) is 1.84. The Kier molecular flexibility index (Phi) is 12.1. The van der Waals surface area contributed by atoms with Crippen molar-refractivity contribution in [3.8, 4) is 0 Å². The van der Waals surface area contributed by atoms with Crippen molar-refractivity contribution >= 4 is 24.0 Å². The number of rotatable bonds is 16. The van der Waals surface area contributed by atoms with E-state index < -0.39 is 23.9 Å². The molecule has 3 amide bonds. The van der Waals surface area contributed by atoms with Crippen LogP contribution in [0.25, 0.3) is 0 Å². The summed E-state index contributed by atoms with van der Waals surface area (Å²) in [6, 6.07) is 7.60. The van der Waals surface area contributed by atoms with Crippen molar-refractivity contribution in [2.24, 2.45) is 0 Å². The number of imidazole rings is 1. The summed E-state index contributed by atoms with van der Waals surface area (Å²) < 4.78 is 0. The number of aromatic nitrogens is 2. The third-order valence-electron chi connectivity index (χ3n) is 5.37. The SMILES string of the molecule is CCCCCCCC(=O)NCC(=O)N[C@@H](Cc1ccccc1)C(=O)N[C@H](C=O)Cc1cnc[nH]1. The van der Waals surface area contributed by atoms with Gasteiger partial charge in [0.05, 0.1) is 18.9 Å². The molecule has 0 saturated carbocycles. The average Bonchev–Trinajstić information content (AvgIpc) is 3.35. The maximum Gasteiger partial charge on any atom is 0.243 e. The summed E-state index contributed by atoms with van der Waals surface area (Å²) in [5.74, 6) is -1.13. The fraction of sp³-hybridized carbons (Fsp3) is 0.480. The maximum absolute atomic E-state index is 12.9. The minimum absolute atomic E-state index is 0.184. The minimum atomic E-state index is -0.898. The van der Waals surface area contributed by atoms with Crippen LogP contribution in [0.5, 0.6) is 0 Å². The van der Waals surface area contributed by atoms with Crippen LogP contribution in [0.1, 0.15) is 56.7 Å². The van der Waals surface area contributed by atoms with Crippen molar-refractivity contribution in [1.82, 2.24) is 25.9 Å². The fourth-order valence-corrected chi connectivity index (χ4v) is 3.51. The molecule has 4 N–H and O–H groups in total. The first-order chi connectivity index (χ1) is 16.5. The lowest BCUT2D eigenvalue weighted by Gasteiger charge is -2.21. The Bertz CT molecular complexity index is 886. The number of amides is 3. The Labute approximate surface area is 200 Å². The van der Waals surface area contributed by atoms with E-state index in [4.69, 9.17) is 0 Å². The number of aldehydes is 1. The summed E-state index contributed by atoms with van der Waals surface area (Å²) in [7, 11) is 0. The highest BCUT2D eigenvalue weighted by atomic mass is 16.2. The zero-order valence-corrected chi connectivity index (χ0v) is 19.7. The molecule has 184 valence electrons. The van der Waals surface area contributed by atoms with Gasteiger partial charge in [-0.05, 0) is 12.0 Å². The van der Waals surface area contributed by atoms with Gasteiger partial charge >= 0.3 is 0 Å². The average molecular weight is 470 g/mol. The van der Waals surface area contributed by atoms with Crippen molar-refractivity contribution in [1.29, 1.82) is 0 Å². The van der Waals surface area contributed by atoms with Gasteiger partial charge in [0.15, 0.2) is 0 Å². The van der Waals surface area contributed by atoms with Crippen molar-refractivity contribution in [3.05, 3.63) is 54.1 Å². The number of nitrogens with one attached hydrogen (secondary N) is 4. The van der Waals surface area contributed by atoms with Crippen LogP contribution in [0.2, 0.25) is 0 Å². The van der Waals surface area contributed by atoms with Crippen LogP contribution in [0.4, 0.5) is 0 Å². The lowest BCUT2D eigenvalue weighted by Crippen LogP contribution is -2.53. The van der Waals surface area contributed by atoms with E-state index in [9.17, 15) is 19.2 Å². The minimum Gasteiger partial charge on any atom is -0.348 e. The highest BCUT2D eigenvalue weighted by Gasteiger charge is 2.24. The molecule has 0 unspecified atom stereocenters. The van der Waals surface area contributed by atoms with Gasteiger partial charge in [0.1, 0.15) is 12.3 Å². The Hall–Kier alpha value is -3.49. The van der Waals surface area contributed by atoms with E-state index in [-0.39, 0.29) is 25.3 Å². The summed E-state index contributed by atoms with van der Waals surface area (Å²) >= 11 is 0. The number of nitrogens with zero attached hydrogens (tertiary/aromatic N) is 1. The molecule has 1 aromatic carbocycles. The maximum atomic E-state index is 12.9. The van der Waals surface area contributed by atoms with Crippen LogP contribution in [0, 0.1) is 0 Å². The summed E-state index contributed by atoms with van der Waals surface area (Å²) in [5, 5.41) is 7.99. The molecule has 2 rings (SSSR count). The molecule has 9 heteroatoms. The number of carbonyl (C=O) groups excluding carboxylic acids is 4. The molecule has 2 aromatic rings. The highest BCUT2D eigenvalue weighted by Crippen LogP contribution is 2.06. The molecular formula is C25H35N5O4. The van der Waals surface area contributed by atoms with Gasteiger partial charge in [-0.25, -0.2) is 4.98 Å². The number of carbonyl (C=O) groups is 4. The number of hydrogen-bond acceptors (Lipinski definition) is 5. The van der Waals surface area contributed by atoms with Gasteiger partial charge in [-0.3, -0.25) is 14.4 Å². The van der Waals surface area contributed by atoms with E-state index in [2.05, 4.69) is 32.8 Å². The van der Waals surface area contributed by atoms with Gasteiger partial charge in [0.25, 0.3) is 0 Å². The van der Waals surface area contributed by atoms with E-state index in [1.54, 1.807) is 6.20 Å². The Morgan fingerprint density at radius 3 is 2.44 bits per heavy atom. The molecule has 34 heavy (non-hydrogen) atoms. The molecule has 0 aliphatic heterocycles. The molecule has 1 aromatic heterocycles. The molecule has 1 heterocycles. The number of H-pyrrole nitrogens is 1. The molecule has 9 nitrogen and oxygen atoms in total. The van der Waals surface area contributed by atoms with Crippen LogP contribution in [0.15, 0.2) is 42.9 Å². The van der Waals surface area contributed by atoms with E-state index in [1.165, 1.54) is 6.33 Å². The monoisotopic (exact) mass is 469 g/mol. The standard InChI is InChI=1S/C25H35N5O4/c1-2-3-4-5-9-12-23(32)27-16-24(33)30-22(13-19-10-7-6-8-11-19)25(34)29-21(17-31)14-20-15-26-18-28-20/h6-8,10-11,15,17-18,21-22H,2-5,9,12-14,16H2,1H3,(H,26,28)(H,27,32)(H,29,34)(H,30,33)/t21-,22-/m0/s1. The highest BCUT2D eigenvalue weighted by molar-refractivity contribution is 5.91. The molecular weight excluding hydrogens is 434 g/mol. The normalized spacial score (nSPS) is 12.4. The Morgan fingerprint density at radius 1 is 1.00 bits per heavy atom. The van der Waals surface area contributed by atoms with Gasteiger partial charge in [0.2, 0.25) is 17.7 Å². The first-order valence-electron chi connectivity index (χ1n) is 11.8. The molecule has 2 atom stereocenters. The fourth-order valence-electron chi connectivity index (χ4n) is 3.51. The Balaban J connectivity index is 1.90. The summed E-state index contributed by atoms with van der Waals surface area (Å²) in [5.41, 5.74) is 1.56. The molecule has 0 radical (unpaired) electrons. The first kappa shape index (κ1) is 26.8. The second-order valence-corrected chi connectivity index (χ2v) is 8.28. The summed E-state index contributed by atoms with van der Waals surface area (Å²) in [6.07, 6.45) is 9.79. The number of benzene rings is 1. The lowest BCUT2D eigenvalue weighted by molar-refractivity contribution is -0.130. The van der Waals surface area contributed by atoms with E-state index in [0.29, 0.717) is 18.4 Å². The summed E-state index contributed by atoms with van der Waals surface area (Å²) in [4.78, 5) is 55.8. The van der Waals surface area contributed by atoms with Crippen molar-refractivity contribution < 1.29 is 19.2 Å². The van der Waals surface area contributed by atoms with Gasteiger partial charge in [0, 0.05) is 31.2 Å². The second kappa shape index (κ2) is 15.4. The molecule has 0 aliphatic rings. The van der Waals surface area contributed by atoms with Crippen LogP contribution >= 0.6 is 0 Å². The topological polar surface area (TPSA) is 133 Å². The smallest absolute Gasteiger partial charge is 0.243 e. The van der Waals surface area contributed by atoms with Crippen LogP contribution < -0.4 is 16.0 Å². The zero-order valence-electron chi connectivity index (χ0n) is 19.7. The predicted molar refractivity (Wildman–Crippen MR) is 129 cm³/mol. The third kappa shape index (κ3) is 10.4. The molecule has 0 aliphatic carbocycles. The van der Waals surface area contributed by atoms with Crippen LogP contribution in [-0.4, -0.2) is 52.6 Å². The number of aromatic amines is 1. The van der Waals surface area contributed by atoms with Crippen molar-refractivity contribution in [3.63, 3.8) is 0 Å². The summed E-state index contributed by atoms with van der Waals surface area (Å²) in [6.45, 7) is 1.92. The van der Waals surface area contributed by atoms with Gasteiger partial charge in [-0.1, -0.05) is 62.9 Å². The van der Waals surface area contributed by atoms with Gasteiger partial charge in [-0.15, -0.1) is 0 Å². The zero-order chi connectivity index (χ0) is 24.6. The van der Waals surface area contributed by atoms with Crippen molar-refractivity contribution in [2.75, 3.05) is 6.54 Å². The quantitative estimate of drug-likeness (QED) is 0.220. The lowest BCUT2D eigenvalue weighted by atomic mass is 10.0. The van der Waals surface area contributed by atoms with Crippen molar-refractivity contribution in [2.45, 2.75) is 70.4 Å². The number of hydrogen-bond donors (Lipinski definition) is 4. The van der Waals surface area contributed by atoms with E-state index >= 15 is 0 Å². The molecule has 0 fully saturated rings. The van der Waals surface area contributed by atoms with E-state index in [0.717, 1.165) is 37.7 Å². The van der Waals surface area contributed by atoms with Crippen LogP contribution in [0.3, 0.4) is 0 Å². The Morgan fingerprint density at radius 2 is 1.76 bits per heavy atom. The molecule has 0 saturated heterocycles. The largest absolute Gasteiger partial charge is 0.348 e. The van der Waals surface area contributed by atoms with Gasteiger partial charge < -0.3 is 25.7 Å². The van der Waals surface area contributed by atoms with E-state index in [1.807, 2.05) is 30.3 Å². The number of unbranched alkanes of at least 4 members (excludes halogenated alkanes) is 4. The second-order valence-electron chi connectivity index (χ2n) is 8.28. The first-order valence-corrected chi connectivity index (χ1v) is 11.8. The van der Waals surface area contributed by atoms with Crippen LogP contribution in [-0.2, 0) is 32.0 Å². The molecule has 0 bridgehead atoms. The molecule has 0 spiro atoms.